The van der Waals surface area contributed by atoms with Crippen LogP contribution in [0.15, 0.2) is 52.9 Å². The molecule has 6 heteroatoms. The Balaban J connectivity index is 1.24. The molecular weight excluding hydrogens is 380 g/mol. The van der Waals surface area contributed by atoms with Crippen LogP contribution in [0.4, 0.5) is 0 Å². The predicted octanol–water partition coefficient (Wildman–Crippen LogP) is 4.13. The summed E-state index contributed by atoms with van der Waals surface area (Å²) in [5.41, 5.74) is 2.78. The molecule has 1 aliphatic heterocycles. The van der Waals surface area contributed by atoms with Gasteiger partial charge in [0.1, 0.15) is 17.0 Å². The fourth-order valence-corrected chi connectivity index (χ4v) is 3.75. The minimum atomic E-state index is -0.00771. The molecule has 1 fully saturated rings. The number of benzene rings is 2. The van der Waals surface area contributed by atoms with Crippen LogP contribution in [0.5, 0.6) is 5.75 Å². The largest absolute Gasteiger partial charge is 0.484 e. The van der Waals surface area contributed by atoms with Gasteiger partial charge in [0, 0.05) is 25.4 Å². The molecule has 0 spiro atoms. The molecule has 1 amide bonds. The number of nitrogens with zero attached hydrogens (tertiary/aromatic N) is 2. The van der Waals surface area contributed by atoms with Gasteiger partial charge in [0.25, 0.3) is 5.91 Å². The fourth-order valence-electron chi connectivity index (χ4n) is 3.75. The molecule has 2 aromatic carbocycles. The second-order valence-corrected chi connectivity index (χ2v) is 7.81. The van der Waals surface area contributed by atoms with Crippen molar-refractivity contribution in [2.24, 2.45) is 0 Å². The van der Waals surface area contributed by atoms with Gasteiger partial charge >= 0.3 is 0 Å². The highest BCUT2D eigenvalue weighted by Gasteiger charge is 2.27. The van der Waals surface area contributed by atoms with Crippen molar-refractivity contribution < 1.29 is 18.7 Å². The normalized spacial score (nSPS) is 14.8. The van der Waals surface area contributed by atoms with Crippen molar-refractivity contribution in [2.75, 3.05) is 19.7 Å². The number of rotatable bonds is 7. The topological polar surface area (TPSA) is 72.6 Å². The van der Waals surface area contributed by atoms with Crippen molar-refractivity contribution in [3.05, 3.63) is 60.0 Å². The lowest BCUT2D eigenvalue weighted by molar-refractivity contribution is -0.134. The number of Topliss-reactive ketones (excluding diaryl/α,β-unsaturated/α-hetero) is 1. The van der Waals surface area contributed by atoms with Gasteiger partial charge in [-0.1, -0.05) is 24.3 Å². The Kier molecular flexibility index (Phi) is 6.12. The Hall–Kier alpha value is -3.15. The van der Waals surface area contributed by atoms with E-state index >= 15 is 0 Å². The van der Waals surface area contributed by atoms with E-state index < -0.39 is 0 Å². The van der Waals surface area contributed by atoms with E-state index in [2.05, 4.69) is 4.98 Å². The molecule has 0 bridgehead atoms. The molecule has 4 rings (SSSR count). The molecule has 156 valence electrons. The number of carbonyl (C=O) groups is 2. The third-order valence-corrected chi connectivity index (χ3v) is 5.56. The van der Waals surface area contributed by atoms with E-state index in [1.807, 2.05) is 53.4 Å². The van der Waals surface area contributed by atoms with Gasteiger partial charge in [0.05, 0.1) is 0 Å². The number of amides is 1. The lowest BCUT2D eigenvalue weighted by Crippen LogP contribution is -2.40. The van der Waals surface area contributed by atoms with Crippen LogP contribution in [-0.2, 0) is 16.0 Å². The van der Waals surface area contributed by atoms with Crippen LogP contribution in [-0.4, -0.2) is 41.3 Å². The Labute approximate surface area is 175 Å². The van der Waals surface area contributed by atoms with E-state index in [4.69, 9.17) is 9.15 Å². The van der Waals surface area contributed by atoms with Crippen molar-refractivity contribution in [2.45, 2.75) is 38.5 Å². The number of para-hydroxylation sites is 2. The smallest absolute Gasteiger partial charge is 0.260 e. The molecule has 0 aliphatic carbocycles. The summed E-state index contributed by atoms with van der Waals surface area (Å²) < 4.78 is 11.6. The van der Waals surface area contributed by atoms with Crippen molar-refractivity contribution >= 4 is 22.8 Å². The number of aryl methyl sites for hydroxylation is 1. The number of ether oxygens (including phenoxy) is 1. The van der Waals surface area contributed by atoms with Gasteiger partial charge in [-0.05, 0) is 56.0 Å². The number of hydrogen-bond donors (Lipinski definition) is 0. The maximum atomic E-state index is 12.5. The van der Waals surface area contributed by atoms with Gasteiger partial charge in [0.2, 0.25) is 0 Å². The first-order valence-electron chi connectivity index (χ1n) is 10.4. The molecule has 1 aliphatic rings. The van der Waals surface area contributed by atoms with Crippen LogP contribution in [0.2, 0.25) is 0 Å². The molecule has 0 unspecified atom stereocenters. The quantitative estimate of drug-likeness (QED) is 0.590. The summed E-state index contributed by atoms with van der Waals surface area (Å²) in [4.78, 5) is 30.0. The second kappa shape index (κ2) is 9.11. The number of ketones is 1. The molecular formula is C24H26N2O4. The number of carbonyl (C=O) groups excluding carboxylic acids is 2. The van der Waals surface area contributed by atoms with Gasteiger partial charge in [-0.2, -0.15) is 0 Å². The third kappa shape index (κ3) is 4.87. The summed E-state index contributed by atoms with van der Waals surface area (Å²) in [5.74, 6) is 1.85. The average molecular weight is 406 g/mol. The lowest BCUT2D eigenvalue weighted by atomic mass is 9.97. The van der Waals surface area contributed by atoms with E-state index in [1.165, 1.54) is 0 Å². The monoisotopic (exact) mass is 406 g/mol. The van der Waals surface area contributed by atoms with Crippen molar-refractivity contribution in [1.82, 2.24) is 9.88 Å². The zero-order chi connectivity index (χ0) is 20.9. The molecule has 0 saturated carbocycles. The van der Waals surface area contributed by atoms with E-state index in [0.717, 1.165) is 41.8 Å². The minimum Gasteiger partial charge on any atom is -0.484 e. The van der Waals surface area contributed by atoms with Gasteiger partial charge in [-0.15, -0.1) is 0 Å². The van der Waals surface area contributed by atoms with E-state index in [0.29, 0.717) is 25.3 Å². The average Bonchev–Trinajstić information content (AvgIpc) is 3.21. The molecule has 1 saturated heterocycles. The molecule has 2 heterocycles. The third-order valence-electron chi connectivity index (χ3n) is 5.56. The number of hydrogen-bond acceptors (Lipinski definition) is 5. The maximum absolute atomic E-state index is 12.5. The van der Waals surface area contributed by atoms with Gasteiger partial charge in [0.15, 0.2) is 18.1 Å². The standard InChI is InChI=1S/C24H26N2O4/c1-17(27)6-7-18-8-10-20(11-9-18)29-16-23(28)26-14-12-19(13-15-26)24-25-21-4-2-3-5-22(21)30-24/h2-5,8-11,19H,6-7,12-16H2,1H3. The number of fused-ring (bicyclic) bond motifs is 1. The van der Waals surface area contributed by atoms with Crippen LogP contribution in [0.3, 0.4) is 0 Å². The Morgan fingerprint density at radius 2 is 1.83 bits per heavy atom. The van der Waals surface area contributed by atoms with Crippen LogP contribution in [0, 0.1) is 0 Å². The number of likely N-dealkylation sites (tertiary alicyclic amines) is 1. The van der Waals surface area contributed by atoms with Crippen molar-refractivity contribution in [3.63, 3.8) is 0 Å². The van der Waals surface area contributed by atoms with Crippen LogP contribution in [0.25, 0.3) is 11.1 Å². The number of piperidine rings is 1. The van der Waals surface area contributed by atoms with E-state index in [1.54, 1.807) is 6.92 Å². The van der Waals surface area contributed by atoms with Crippen LogP contribution in [0.1, 0.15) is 43.6 Å². The van der Waals surface area contributed by atoms with Crippen LogP contribution >= 0.6 is 0 Å². The summed E-state index contributed by atoms with van der Waals surface area (Å²) in [7, 11) is 0. The molecule has 6 nitrogen and oxygen atoms in total. The Morgan fingerprint density at radius 1 is 1.10 bits per heavy atom. The molecule has 1 aromatic heterocycles. The first-order valence-corrected chi connectivity index (χ1v) is 10.4. The first kappa shape index (κ1) is 20.1. The summed E-state index contributed by atoms with van der Waals surface area (Å²) in [5, 5.41) is 0. The summed E-state index contributed by atoms with van der Waals surface area (Å²) >= 11 is 0. The SMILES string of the molecule is CC(=O)CCc1ccc(OCC(=O)N2CCC(c3nc4ccccc4o3)CC2)cc1. The fraction of sp³-hybridized carbons (Fsp3) is 0.375. The summed E-state index contributed by atoms with van der Waals surface area (Å²) in [6.07, 6.45) is 2.94. The van der Waals surface area contributed by atoms with Gasteiger partial charge in [-0.25, -0.2) is 4.98 Å². The number of aromatic nitrogens is 1. The highest BCUT2D eigenvalue weighted by molar-refractivity contribution is 5.78. The zero-order valence-electron chi connectivity index (χ0n) is 17.2. The second-order valence-electron chi connectivity index (χ2n) is 7.81. The Bertz CT molecular complexity index is 984. The highest BCUT2D eigenvalue weighted by Crippen LogP contribution is 2.30. The molecule has 3 aromatic rings. The first-order chi connectivity index (χ1) is 14.6. The minimum absolute atomic E-state index is 0.00771. The van der Waals surface area contributed by atoms with E-state index in [-0.39, 0.29) is 24.2 Å². The van der Waals surface area contributed by atoms with Crippen molar-refractivity contribution in [3.8, 4) is 5.75 Å². The molecule has 30 heavy (non-hydrogen) atoms. The maximum Gasteiger partial charge on any atom is 0.260 e. The van der Waals surface area contributed by atoms with Gasteiger partial charge < -0.3 is 18.8 Å². The zero-order valence-corrected chi connectivity index (χ0v) is 17.2. The van der Waals surface area contributed by atoms with Gasteiger partial charge in [-0.3, -0.25) is 4.79 Å². The lowest BCUT2D eigenvalue weighted by Gasteiger charge is -2.30. The molecule has 0 radical (unpaired) electrons. The highest BCUT2D eigenvalue weighted by atomic mass is 16.5. The number of oxazole rings is 1. The van der Waals surface area contributed by atoms with E-state index in [9.17, 15) is 9.59 Å². The van der Waals surface area contributed by atoms with Crippen LogP contribution < -0.4 is 4.74 Å². The molecule has 0 N–H and O–H groups in total. The predicted molar refractivity (Wildman–Crippen MR) is 114 cm³/mol. The summed E-state index contributed by atoms with van der Waals surface area (Å²) in [6, 6.07) is 15.4. The van der Waals surface area contributed by atoms with Crippen molar-refractivity contribution in [1.29, 1.82) is 0 Å². The summed E-state index contributed by atoms with van der Waals surface area (Å²) in [6.45, 7) is 2.98. The Morgan fingerprint density at radius 3 is 2.53 bits per heavy atom. The molecule has 0 atom stereocenters.